The number of benzene rings is 2. The molecular weight excluding hydrogens is 515 g/mol. The average Bonchev–Trinajstić information content (AvgIpc) is 2.77. The number of hydrogen-bond acceptors (Lipinski definition) is 10. The number of nitrogens with two attached hydrogens (primary N) is 2. The van der Waals surface area contributed by atoms with Crippen LogP contribution in [0.5, 0.6) is 11.5 Å². The summed E-state index contributed by atoms with van der Waals surface area (Å²) in [5, 5.41) is 14.6. The molecule has 14 nitrogen and oxygen atoms in total. The van der Waals surface area contributed by atoms with E-state index in [2.05, 4.69) is 20.4 Å². The molecule has 2 aromatic rings. The molecule has 2 rings (SSSR count). The molecule has 0 unspecified atom stereocenters. The Hall–Kier alpha value is -2.86. The van der Waals surface area contributed by atoms with Gasteiger partial charge in [-0.15, -0.1) is 10.2 Å². The van der Waals surface area contributed by atoms with Crippen molar-refractivity contribution in [1.82, 2.24) is 0 Å². The van der Waals surface area contributed by atoms with Crippen LogP contribution in [0.1, 0.15) is 11.1 Å². The van der Waals surface area contributed by atoms with Gasteiger partial charge >= 0.3 is 29.6 Å². The van der Waals surface area contributed by atoms with Gasteiger partial charge in [0.2, 0.25) is 0 Å². The summed E-state index contributed by atoms with van der Waals surface area (Å²) in [7, 11) is -6.56. The first-order chi connectivity index (χ1) is 15.9. The van der Waals surface area contributed by atoms with Crippen LogP contribution < -0.4 is 50.5 Å². The van der Waals surface area contributed by atoms with Crippen LogP contribution in [-0.4, -0.2) is 64.3 Å². The first kappa shape index (κ1) is 30.2. The maximum absolute atomic E-state index is 11.4. The molecular formula is C18H20N6NaO8S2+. The van der Waals surface area contributed by atoms with E-state index in [4.69, 9.17) is 20.9 Å². The number of hydrogen-bond donors (Lipinski definition) is 4. The Bertz CT molecular complexity index is 1300. The van der Waals surface area contributed by atoms with Gasteiger partial charge in [-0.1, -0.05) is 0 Å². The van der Waals surface area contributed by atoms with Crippen LogP contribution in [0.15, 0.2) is 66.6 Å². The van der Waals surface area contributed by atoms with Gasteiger partial charge in [0, 0.05) is 0 Å². The second-order valence-corrected chi connectivity index (χ2v) is 9.01. The molecule has 0 aliphatic rings. The van der Waals surface area contributed by atoms with Gasteiger partial charge in [-0.05, 0) is 47.5 Å². The number of nitrogens with zero attached hydrogens (tertiary/aromatic N) is 4. The normalized spacial score (nSPS) is 13.1. The predicted molar refractivity (Wildman–Crippen MR) is 124 cm³/mol. The summed E-state index contributed by atoms with van der Waals surface area (Å²) >= 11 is 0. The Balaban J connectivity index is 0.00000612. The summed E-state index contributed by atoms with van der Waals surface area (Å²) in [6.07, 6.45) is 2.29. The zero-order valence-electron chi connectivity index (χ0n) is 18.7. The largest absolute Gasteiger partial charge is 1.00 e. The standard InChI is InChI=1S/C18H20N6O8S2.Na/c1-31-13-5-3-11(7-15(13)33(25,26)27)9-21-23-17(19)18(20)24-22-10-12-4-6-14(32-2)16(8-12)34(28,29)30;/h3-10H,1-2H3,(H2,19,23)(H2,20,24)(H,25,26,27)(H,28,29,30);/q;+1/b21-9+,22-10+;. The summed E-state index contributed by atoms with van der Waals surface area (Å²) in [6.45, 7) is 0. The van der Waals surface area contributed by atoms with Crippen LogP contribution in [0.3, 0.4) is 0 Å². The van der Waals surface area contributed by atoms with Crippen molar-refractivity contribution in [2.75, 3.05) is 14.2 Å². The van der Waals surface area contributed by atoms with Crippen LogP contribution >= 0.6 is 0 Å². The third-order valence-corrected chi connectivity index (χ3v) is 5.69. The molecule has 6 N–H and O–H groups in total. The molecule has 0 bridgehead atoms. The zero-order chi connectivity index (χ0) is 25.5. The van der Waals surface area contributed by atoms with E-state index in [9.17, 15) is 25.9 Å². The quantitative estimate of drug-likeness (QED) is 0.0897. The number of rotatable bonds is 8. The van der Waals surface area contributed by atoms with Gasteiger partial charge in [0.05, 0.1) is 26.6 Å². The van der Waals surface area contributed by atoms with Crippen molar-refractivity contribution in [2.45, 2.75) is 9.79 Å². The van der Waals surface area contributed by atoms with Crippen LogP contribution in [0.25, 0.3) is 0 Å². The SMILES string of the molecule is COc1ccc(/C=N/N=C(N)/C(N)=N/N=C/c2ccc(OC)c(S(=O)(=O)O)c2)cc1S(=O)(=O)O.[Na+]. The number of ether oxygens (including phenoxy) is 2. The van der Waals surface area contributed by atoms with Crippen molar-refractivity contribution >= 4 is 44.3 Å². The van der Waals surface area contributed by atoms with Crippen molar-refractivity contribution in [3.05, 3.63) is 47.5 Å². The van der Waals surface area contributed by atoms with Gasteiger partial charge in [0.15, 0.2) is 11.7 Å². The fourth-order valence-electron chi connectivity index (χ4n) is 2.37. The minimum absolute atomic E-state index is 0. The van der Waals surface area contributed by atoms with E-state index in [0.29, 0.717) is 0 Å². The van der Waals surface area contributed by atoms with Gasteiger partial charge in [-0.2, -0.15) is 27.0 Å². The average molecular weight is 536 g/mol. The molecule has 2 aromatic carbocycles. The second-order valence-electron chi connectivity index (χ2n) is 6.23. The molecule has 0 amide bonds. The van der Waals surface area contributed by atoms with E-state index in [1.54, 1.807) is 0 Å². The summed E-state index contributed by atoms with van der Waals surface area (Å²) in [5.41, 5.74) is 11.8. The van der Waals surface area contributed by atoms with Crippen LogP contribution in [-0.2, 0) is 20.2 Å². The Morgan fingerprint density at radius 2 is 1.11 bits per heavy atom. The first-order valence-corrected chi connectivity index (χ1v) is 11.8. The zero-order valence-corrected chi connectivity index (χ0v) is 22.4. The minimum atomic E-state index is -4.53. The molecule has 0 atom stereocenters. The van der Waals surface area contributed by atoms with Crippen molar-refractivity contribution in [3.63, 3.8) is 0 Å². The van der Waals surface area contributed by atoms with Crippen molar-refractivity contribution < 1.29 is 65.0 Å². The maximum atomic E-state index is 11.4. The molecule has 0 spiro atoms. The van der Waals surface area contributed by atoms with Gasteiger partial charge in [-0.3, -0.25) is 9.11 Å². The van der Waals surface area contributed by atoms with Gasteiger partial charge in [-0.25, -0.2) is 0 Å². The number of methoxy groups -OCH3 is 2. The van der Waals surface area contributed by atoms with E-state index in [0.717, 1.165) is 24.6 Å². The Labute approximate surface area is 223 Å². The van der Waals surface area contributed by atoms with Gasteiger partial charge in [0.25, 0.3) is 20.2 Å². The Morgan fingerprint density at radius 1 is 0.771 bits per heavy atom. The first-order valence-electron chi connectivity index (χ1n) is 8.91. The van der Waals surface area contributed by atoms with E-state index < -0.39 is 30.0 Å². The molecule has 0 saturated carbocycles. The summed E-state index contributed by atoms with van der Waals surface area (Å²) in [5.74, 6) is -0.773. The van der Waals surface area contributed by atoms with Crippen LogP contribution in [0, 0.1) is 0 Å². The third kappa shape index (κ3) is 8.70. The molecule has 0 saturated heterocycles. The topological polar surface area (TPSA) is 229 Å². The van der Waals surface area contributed by atoms with Crippen molar-refractivity contribution in [3.8, 4) is 11.5 Å². The number of amidine groups is 2. The molecule has 35 heavy (non-hydrogen) atoms. The molecule has 17 heteroatoms. The van der Waals surface area contributed by atoms with E-state index in [1.165, 1.54) is 38.5 Å². The predicted octanol–water partition coefficient (Wildman–Crippen LogP) is -2.72. The van der Waals surface area contributed by atoms with Gasteiger partial charge in [0.1, 0.15) is 21.3 Å². The molecule has 182 valence electrons. The molecule has 0 aliphatic heterocycles. The smallest absolute Gasteiger partial charge is 0.495 e. The monoisotopic (exact) mass is 535 g/mol. The summed E-state index contributed by atoms with van der Waals surface area (Å²) < 4.78 is 74.0. The minimum Gasteiger partial charge on any atom is -0.495 e. The fourth-order valence-corrected chi connectivity index (χ4v) is 3.75. The van der Waals surface area contributed by atoms with Crippen LogP contribution in [0.4, 0.5) is 0 Å². The fraction of sp³-hybridized carbons (Fsp3) is 0.111. The van der Waals surface area contributed by atoms with Crippen molar-refractivity contribution in [1.29, 1.82) is 0 Å². The van der Waals surface area contributed by atoms with E-state index in [-0.39, 0.29) is 63.9 Å². The van der Waals surface area contributed by atoms with Crippen LogP contribution in [0.2, 0.25) is 0 Å². The molecule has 0 aromatic heterocycles. The molecule has 0 heterocycles. The summed E-state index contributed by atoms with van der Waals surface area (Å²) in [6, 6.07) is 7.77. The van der Waals surface area contributed by atoms with E-state index in [1.807, 2.05) is 0 Å². The second kappa shape index (κ2) is 12.7. The van der Waals surface area contributed by atoms with Crippen molar-refractivity contribution in [2.24, 2.45) is 31.9 Å². The molecule has 0 aliphatic carbocycles. The third-order valence-electron chi connectivity index (χ3n) is 3.94. The molecule has 0 radical (unpaired) electrons. The van der Waals surface area contributed by atoms with Gasteiger partial charge < -0.3 is 20.9 Å². The maximum Gasteiger partial charge on any atom is 1.00 e. The Morgan fingerprint density at radius 3 is 1.40 bits per heavy atom. The Kier molecular flexibility index (Phi) is 11.0. The molecule has 0 fully saturated rings. The summed E-state index contributed by atoms with van der Waals surface area (Å²) in [4.78, 5) is -0.913. The van der Waals surface area contributed by atoms with E-state index >= 15 is 0 Å².